The predicted octanol–water partition coefficient (Wildman–Crippen LogP) is 2.40. The van der Waals surface area contributed by atoms with Gasteiger partial charge in [0.1, 0.15) is 6.61 Å². The summed E-state index contributed by atoms with van der Waals surface area (Å²) in [5.41, 5.74) is -0.972. The van der Waals surface area contributed by atoms with Gasteiger partial charge >= 0.3 is 12.1 Å². The Bertz CT molecular complexity index is 502. The van der Waals surface area contributed by atoms with Crippen molar-refractivity contribution in [1.82, 2.24) is 0 Å². The standard InChI is InChI=1S/C11H9F2NO4/c1-2-3-18-11(17)14-9-5-8(13)7(12)4-6(9)10(15)16/h2,4-5H,1,3H2,(H,14,17)(H,15,16). The molecule has 0 spiro atoms. The molecule has 0 saturated heterocycles. The predicted molar refractivity (Wildman–Crippen MR) is 58.5 cm³/mol. The number of amides is 1. The Labute approximate surface area is 101 Å². The maximum Gasteiger partial charge on any atom is 0.411 e. The first-order valence-electron chi connectivity index (χ1n) is 4.72. The molecule has 1 aromatic carbocycles. The molecule has 5 nitrogen and oxygen atoms in total. The van der Waals surface area contributed by atoms with Crippen molar-refractivity contribution in [3.63, 3.8) is 0 Å². The number of carboxylic acids is 1. The van der Waals surface area contributed by atoms with E-state index >= 15 is 0 Å². The number of benzene rings is 1. The number of anilines is 1. The van der Waals surface area contributed by atoms with Gasteiger partial charge in [-0.1, -0.05) is 12.7 Å². The fourth-order valence-corrected chi connectivity index (χ4v) is 1.11. The zero-order valence-electron chi connectivity index (χ0n) is 9.07. The minimum Gasteiger partial charge on any atom is -0.478 e. The van der Waals surface area contributed by atoms with E-state index in [4.69, 9.17) is 5.11 Å². The number of carbonyl (C=O) groups excluding carboxylic acids is 1. The average molecular weight is 257 g/mol. The van der Waals surface area contributed by atoms with Crippen LogP contribution in [-0.4, -0.2) is 23.8 Å². The summed E-state index contributed by atoms with van der Waals surface area (Å²) in [5, 5.41) is 10.8. The summed E-state index contributed by atoms with van der Waals surface area (Å²) < 4.78 is 30.3. The molecule has 0 bridgehead atoms. The smallest absolute Gasteiger partial charge is 0.411 e. The molecule has 0 aliphatic rings. The first kappa shape index (κ1) is 13.6. The van der Waals surface area contributed by atoms with Crippen LogP contribution in [-0.2, 0) is 4.74 Å². The molecule has 0 atom stereocenters. The van der Waals surface area contributed by atoms with Crippen LogP contribution in [0.1, 0.15) is 10.4 Å². The second-order valence-electron chi connectivity index (χ2n) is 3.13. The van der Waals surface area contributed by atoms with Crippen LogP contribution in [0.2, 0.25) is 0 Å². The number of hydrogen-bond donors (Lipinski definition) is 2. The second-order valence-corrected chi connectivity index (χ2v) is 3.13. The molecule has 0 unspecified atom stereocenters. The van der Waals surface area contributed by atoms with E-state index in [1.165, 1.54) is 6.08 Å². The molecule has 18 heavy (non-hydrogen) atoms. The molecule has 0 aliphatic carbocycles. The Morgan fingerprint density at radius 1 is 1.39 bits per heavy atom. The maximum atomic E-state index is 12.9. The van der Waals surface area contributed by atoms with E-state index in [0.29, 0.717) is 12.1 Å². The molecule has 1 aromatic rings. The second kappa shape index (κ2) is 5.76. The average Bonchev–Trinajstić information content (AvgIpc) is 2.30. The lowest BCUT2D eigenvalue weighted by molar-refractivity contribution is 0.0697. The summed E-state index contributed by atoms with van der Waals surface area (Å²) in [4.78, 5) is 21.9. The van der Waals surface area contributed by atoms with Crippen LogP contribution in [0.4, 0.5) is 19.3 Å². The number of rotatable bonds is 4. The van der Waals surface area contributed by atoms with Crippen LogP contribution in [0.25, 0.3) is 0 Å². The summed E-state index contributed by atoms with van der Waals surface area (Å²) in [6.45, 7) is 3.20. The minimum atomic E-state index is -1.51. The molecule has 1 rings (SSSR count). The van der Waals surface area contributed by atoms with Crippen LogP contribution in [0.5, 0.6) is 0 Å². The van der Waals surface area contributed by atoms with Crippen LogP contribution in [0.15, 0.2) is 24.8 Å². The summed E-state index contributed by atoms with van der Waals surface area (Å²) >= 11 is 0. The zero-order chi connectivity index (χ0) is 13.7. The van der Waals surface area contributed by atoms with Gasteiger partial charge < -0.3 is 9.84 Å². The Kier molecular flexibility index (Phi) is 4.36. The van der Waals surface area contributed by atoms with E-state index < -0.39 is 34.9 Å². The normalized spacial score (nSPS) is 9.67. The van der Waals surface area contributed by atoms with Gasteiger partial charge in [-0.15, -0.1) is 0 Å². The largest absolute Gasteiger partial charge is 0.478 e. The third-order valence-electron chi connectivity index (χ3n) is 1.86. The highest BCUT2D eigenvalue weighted by molar-refractivity contribution is 5.98. The van der Waals surface area contributed by atoms with E-state index in [1.54, 1.807) is 0 Å². The SMILES string of the molecule is C=CCOC(=O)Nc1cc(F)c(F)cc1C(=O)O. The highest BCUT2D eigenvalue weighted by Crippen LogP contribution is 2.20. The van der Waals surface area contributed by atoms with Crippen molar-refractivity contribution in [2.24, 2.45) is 0 Å². The molecule has 2 N–H and O–H groups in total. The highest BCUT2D eigenvalue weighted by atomic mass is 19.2. The van der Waals surface area contributed by atoms with Crippen molar-refractivity contribution in [3.05, 3.63) is 42.0 Å². The number of aromatic carboxylic acids is 1. The molecule has 1 amide bonds. The van der Waals surface area contributed by atoms with Gasteiger partial charge in [-0.25, -0.2) is 18.4 Å². The molecule has 0 aromatic heterocycles. The summed E-state index contributed by atoms with van der Waals surface area (Å²) in [6, 6.07) is 1.04. The van der Waals surface area contributed by atoms with Gasteiger partial charge in [-0.2, -0.15) is 0 Å². The molecular formula is C11H9F2NO4. The van der Waals surface area contributed by atoms with Crippen LogP contribution in [0.3, 0.4) is 0 Å². The third kappa shape index (κ3) is 3.27. The van der Waals surface area contributed by atoms with E-state index in [0.717, 1.165) is 0 Å². The van der Waals surface area contributed by atoms with Crippen LogP contribution in [0, 0.1) is 11.6 Å². The van der Waals surface area contributed by atoms with Crippen molar-refractivity contribution in [2.75, 3.05) is 11.9 Å². The third-order valence-corrected chi connectivity index (χ3v) is 1.86. The van der Waals surface area contributed by atoms with E-state index in [2.05, 4.69) is 11.3 Å². The van der Waals surface area contributed by atoms with Crippen molar-refractivity contribution >= 4 is 17.7 Å². The zero-order valence-corrected chi connectivity index (χ0v) is 9.07. The lowest BCUT2D eigenvalue weighted by Gasteiger charge is -2.08. The van der Waals surface area contributed by atoms with E-state index in [-0.39, 0.29) is 6.61 Å². The fraction of sp³-hybridized carbons (Fsp3) is 0.0909. The fourth-order valence-electron chi connectivity index (χ4n) is 1.11. The van der Waals surface area contributed by atoms with Crippen molar-refractivity contribution < 1.29 is 28.2 Å². The van der Waals surface area contributed by atoms with Gasteiger partial charge in [-0.05, 0) is 6.07 Å². The Balaban J connectivity index is 3.00. The molecule has 96 valence electrons. The molecule has 0 radical (unpaired) electrons. The van der Waals surface area contributed by atoms with Crippen molar-refractivity contribution in [3.8, 4) is 0 Å². The molecular weight excluding hydrogens is 248 g/mol. The number of ether oxygens (including phenoxy) is 1. The van der Waals surface area contributed by atoms with E-state index in [9.17, 15) is 18.4 Å². The Morgan fingerprint density at radius 2 is 2.00 bits per heavy atom. The first-order chi connectivity index (χ1) is 8.45. The minimum absolute atomic E-state index is 0.0993. The van der Waals surface area contributed by atoms with Crippen LogP contribution >= 0.6 is 0 Å². The van der Waals surface area contributed by atoms with Crippen molar-refractivity contribution in [2.45, 2.75) is 0 Å². The monoisotopic (exact) mass is 257 g/mol. The maximum absolute atomic E-state index is 12.9. The van der Waals surface area contributed by atoms with Gasteiger partial charge in [0, 0.05) is 6.07 Å². The van der Waals surface area contributed by atoms with E-state index in [1.807, 2.05) is 5.32 Å². The number of nitrogens with one attached hydrogen (secondary N) is 1. The Hall–Kier alpha value is -2.44. The van der Waals surface area contributed by atoms with Gasteiger partial charge in [0.2, 0.25) is 0 Å². The molecule has 0 aliphatic heterocycles. The highest BCUT2D eigenvalue weighted by Gasteiger charge is 2.17. The molecule has 0 heterocycles. The number of carbonyl (C=O) groups is 2. The quantitative estimate of drug-likeness (QED) is 0.812. The van der Waals surface area contributed by atoms with Crippen LogP contribution < -0.4 is 5.32 Å². The van der Waals surface area contributed by atoms with Gasteiger partial charge in [0.05, 0.1) is 11.3 Å². The van der Waals surface area contributed by atoms with Gasteiger partial charge in [0.25, 0.3) is 0 Å². The lowest BCUT2D eigenvalue weighted by atomic mass is 10.1. The molecule has 7 heteroatoms. The summed E-state index contributed by atoms with van der Waals surface area (Å²) in [5.74, 6) is -4.11. The number of halogens is 2. The molecule has 0 fully saturated rings. The first-order valence-corrected chi connectivity index (χ1v) is 4.72. The molecule has 0 saturated carbocycles. The van der Waals surface area contributed by atoms with Crippen molar-refractivity contribution in [1.29, 1.82) is 0 Å². The number of carboxylic acid groups (broad SMARTS) is 1. The van der Waals surface area contributed by atoms with Gasteiger partial charge in [0.15, 0.2) is 11.6 Å². The summed E-state index contributed by atoms with van der Waals surface area (Å²) in [6.07, 6.45) is 0.298. The lowest BCUT2D eigenvalue weighted by Crippen LogP contribution is -2.16. The summed E-state index contributed by atoms with van der Waals surface area (Å²) in [7, 11) is 0. The topological polar surface area (TPSA) is 75.6 Å². The number of hydrogen-bond acceptors (Lipinski definition) is 3. The Morgan fingerprint density at radius 3 is 2.56 bits per heavy atom. The van der Waals surface area contributed by atoms with Gasteiger partial charge in [-0.3, -0.25) is 5.32 Å².